The average molecular weight is 273 g/mol. The first-order chi connectivity index (χ1) is 9.13. The summed E-state index contributed by atoms with van der Waals surface area (Å²) >= 11 is 1.50. The predicted octanol–water partition coefficient (Wildman–Crippen LogP) is 3.87. The van der Waals surface area contributed by atoms with Crippen LogP contribution >= 0.6 is 11.3 Å². The minimum atomic E-state index is -0.0577. The van der Waals surface area contributed by atoms with Crippen molar-refractivity contribution < 1.29 is 9.90 Å². The van der Waals surface area contributed by atoms with Crippen LogP contribution < -0.4 is 4.90 Å². The Labute approximate surface area is 116 Å². The number of aromatic hydroxyl groups is 1. The van der Waals surface area contributed by atoms with E-state index >= 15 is 0 Å². The number of rotatable bonds is 4. The van der Waals surface area contributed by atoms with Crippen molar-refractivity contribution in [1.29, 1.82) is 0 Å². The molecule has 0 fully saturated rings. The lowest BCUT2D eigenvalue weighted by molar-refractivity contribution is -0.115. The molecule has 0 radical (unpaired) electrons. The Hall–Kier alpha value is -2.07. The highest BCUT2D eigenvalue weighted by Gasteiger charge is 2.16. The molecule has 1 heterocycles. The van der Waals surface area contributed by atoms with E-state index in [4.69, 9.17) is 0 Å². The number of phenols is 1. The van der Waals surface area contributed by atoms with E-state index in [-0.39, 0.29) is 11.7 Å². The normalized spacial score (nSPS) is 10.2. The van der Waals surface area contributed by atoms with Crippen LogP contribution in [0.3, 0.4) is 0 Å². The number of nitrogens with zero attached hydrogens (tertiary/aromatic N) is 1. The Bertz CT molecular complexity index is 590. The van der Waals surface area contributed by atoms with Crippen molar-refractivity contribution >= 4 is 27.9 Å². The van der Waals surface area contributed by atoms with Gasteiger partial charge in [-0.1, -0.05) is 6.08 Å². The van der Waals surface area contributed by atoms with Gasteiger partial charge in [-0.15, -0.1) is 17.9 Å². The van der Waals surface area contributed by atoms with Gasteiger partial charge in [0.25, 0.3) is 0 Å². The number of anilines is 2. The molecule has 0 atom stereocenters. The third-order valence-corrected chi connectivity index (χ3v) is 3.58. The molecule has 98 valence electrons. The molecule has 0 saturated heterocycles. The SMILES string of the molecule is C=CCc1cc(N(C(C)=O)c2cccs2)ccc1O. The first kappa shape index (κ1) is 13.4. The van der Waals surface area contributed by atoms with Crippen LogP contribution in [0.5, 0.6) is 5.75 Å². The van der Waals surface area contributed by atoms with Crippen LogP contribution in [-0.2, 0) is 11.2 Å². The lowest BCUT2D eigenvalue weighted by atomic mass is 10.1. The number of phenolic OH excluding ortho intramolecular Hbond substituents is 1. The first-order valence-corrected chi connectivity index (χ1v) is 6.78. The van der Waals surface area contributed by atoms with Crippen LogP contribution in [0, 0.1) is 0 Å². The van der Waals surface area contributed by atoms with Gasteiger partial charge in [0, 0.05) is 6.92 Å². The monoisotopic (exact) mass is 273 g/mol. The number of amides is 1. The zero-order chi connectivity index (χ0) is 13.8. The van der Waals surface area contributed by atoms with Gasteiger partial charge in [-0.05, 0) is 47.7 Å². The molecular weight excluding hydrogens is 258 g/mol. The molecule has 0 spiro atoms. The number of carbonyl (C=O) groups is 1. The summed E-state index contributed by atoms with van der Waals surface area (Å²) in [5.41, 5.74) is 1.51. The molecule has 1 N–H and O–H groups in total. The maximum absolute atomic E-state index is 11.8. The molecule has 0 bridgehead atoms. The Morgan fingerprint density at radius 2 is 2.26 bits per heavy atom. The fourth-order valence-electron chi connectivity index (χ4n) is 1.89. The zero-order valence-corrected chi connectivity index (χ0v) is 11.5. The van der Waals surface area contributed by atoms with Gasteiger partial charge in [-0.25, -0.2) is 0 Å². The number of hydrogen-bond donors (Lipinski definition) is 1. The second-order valence-electron chi connectivity index (χ2n) is 4.11. The highest BCUT2D eigenvalue weighted by atomic mass is 32.1. The molecule has 1 amide bonds. The molecule has 4 heteroatoms. The second-order valence-corrected chi connectivity index (χ2v) is 5.04. The largest absolute Gasteiger partial charge is 0.508 e. The lowest BCUT2D eigenvalue weighted by Gasteiger charge is -2.20. The minimum absolute atomic E-state index is 0.0577. The van der Waals surface area contributed by atoms with Crippen LogP contribution in [-0.4, -0.2) is 11.0 Å². The van der Waals surface area contributed by atoms with Crippen LogP contribution in [0.1, 0.15) is 12.5 Å². The van der Waals surface area contributed by atoms with Crippen LogP contribution in [0.4, 0.5) is 10.7 Å². The van der Waals surface area contributed by atoms with Gasteiger partial charge in [-0.2, -0.15) is 0 Å². The van der Waals surface area contributed by atoms with Gasteiger partial charge in [0.1, 0.15) is 10.8 Å². The summed E-state index contributed by atoms with van der Waals surface area (Å²) in [6.07, 6.45) is 2.29. The standard InChI is InChI=1S/C15H15NO2S/c1-3-5-12-10-13(7-8-14(12)18)16(11(2)17)15-6-4-9-19-15/h3-4,6-10,18H,1,5H2,2H3. The molecule has 1 aromatic carbocycles. The van der Waals surface area contributed by atoms with Crippen LogP contribution in [0.15, 0.2) is 48.4 Å². The van der Waals surface area contributed by atoms with E-state index in [9.17, 15) is 9.90 Å². The van der Waals surface area contributed by atoms with E-state index in [1.165, 1.54) is 18.3 Å². The van der Waals surface area contributed by atoms with Crippen molar-refractivity contribution in [2.24, 2.45) is 0 Å². The van der Waals surface area contributed by atoms with E-state index in [2.05, 4.69) is 6.58 Å². The topological polar surface area (TPSA) is 40.5 Å². The van der Waals surface area contributed by atoms with Gasteiger partial charge in [-0.3, -0.25) is 9.69 Å². The average Bonchev–Trinajstić information content (AvgIpc) is 2.87. The van der Waals surface area contributed by atoms with Crippen LogP contribution in [0.25, 0.3) is 0 Å². The van der Waals surface area contributed by atoms with Gasteiger partial charge >= 0.3 is 0 Å². The van der Waals surface area contributed by atoms with Crippen LogP contribution in [0.2, 0.25) is 0 Å². The van der Waals surface area contributed by atoms with E-state index in [0.717, 1.165) is 16.3 Å². The lowest BCUT2D eigenvalue weighted by Crippen LogP contribution is -2.21. The molecule has 1 aromatic heterocycles. The molecule has 0 aliphatic carbocycles. The minimum Gasteiger partial charge on any atom is -0.508 e. The van der Waals surface area contributed by atoms with Crippen molar-refractivity contribution in [3.05, 3.63) is 53.9 Å². The summed E-state index contributed by atoms with van der Waals surface area (Å²) in [5.74, 6) is 0.163. The van der Waals surface area contributed by atoms with Gasteiger partial charge in [0.15, 0.2) is 0 Å². The molecule has 0 aliphatic heterocycles. The summed E-state index contributed by atoms with van der Waals surface area (Å²) in [5, 5.41) is 12.6. The van der Waals surface area contributed by atoms with E-state index in [1.807, 2.05) is 23.6 Å². The summed E-state index contributed by atoms with van der Waals surface area (Å²) in [6.45, 7) is 5.19. The van der Waals surface area contributed by atoms with E-state index in [0.29, 0.717) is 6.42 Å². The predicted molar refractivity (Wildman–Crippen MR) is 79.1 cm³/mol. The smallest absolute Gasteiger partial charge is 0.229 e. The van der Waals surface area contributed by atoms with Crippen molar-refractivity contribution in [3.63, 3.8) is 0 Å². The van der Waals surface area contributed by atoms with Gasteiger partial charge < -0.3 is 5.11 Å². The Balaban J connectivity index is 2.46. The number of benzene rings is 1. The van der Waals surface area contributed by atoms with Crippen molar-refractivity contribution in [3.8, 4) is 5.75 Å². The van der Waals surface area contributed by atoms with Gasteiger partial charge in [0.2, 0.25) is 5.91 Å². The van der Waals surface area contributed by atoms with Crippen molar-refractivity contribution in [2.75, 3.05) is 4.90 Å². The summed E-state index contributed by atoms with van der Waals surface area (Å²) in [6, 6.07) is 8.96. The zero-order valence-electron chi connectivity index (χ0n) is 10.7. The molecule has 0 saturated carbocycles. The summed E-state index contributed by atoms with van der Waals surface area (Å²) in [7, 11) is 0. The molecule has 0 aliphatic rings. The molecule has 19 heavy (non-hydrogen) atoms. The Kier molecular flexibility index (Phi) is 4.02. The third kappa shape index (κ3) is 2.85. The molecule has 2 rings (SSSR count). The summed E-state index contributed by atoms with van der Waals surface area (Å²) in [4.78, 5) is 13.5. The first-order valence-electron chi connectivity index (χ1n) is 5.90. The highest BCUT2D eigenvalue weighted by molar-refractivity contribution is 7.14. The fourth-order valence-corrected chi connectivity index (χ4v) is 2.68. The van der Waals surface area contributed by atoms with Crippen molar-refractivity contribution in [2.45, 2.75) is 13.3 Å². The van der Waals surface area contributed by atoms with Crippen molar-refractivity contribution in [1.82, 2.24) is 0 Å². The number of carbonyl (C=O) groups excluding carboxylic acids is 1. The van der Waals surface area contributed by atoms with E-state index < -0.39 is 0 Å². The maximum atomic E-state index is 11.8. The number of thiophene rings is 1. The molecular formula is C15H15NO2S. The van der Waals surface area contributed by atoms with Gasteiger partial charge in [0.05, 0.1) is 5.69 Å². The highest BCUT2D eigenvalue weighted by Crippen LogP contribution is 2.32. The fraction of sp³-hybridized carbons (Fsp3) is 0.133. The molecule has 2 aromatic rings. The maximum Gasteiger partial charge on any atom is 0.229 e. The Morgan fingerprint density at radius 1 is 1.47 bits per heavy atom. The molecule has 0 unspecified atom stereocenters. The summed E-state index contributed by atoms with van der Waals surface area (Å²) < 4.78 is 0. The molecule has 3 nitrogen and oxygen atoms in total. The number of hydrogen-bond acceptors (Lipinski definition) is 3. The third-order valence-electron chi connectivity index (χ3n) is 2.73. The Morgan fingerprint density at radius 3 is 2.84 bits per heavy atom. The van der Waals surface area contributed by atoms with E-state index in [1.54, 1.807) is 23.1 Å². The second kappa shape index (κ2) is 5.71. The number of allylic oxidation sites excluding steroid dienone is 1. The quantitative estimate of drug-likeness (QED) is 0.859.